The number of rotatable bonds is 1. The van der Waals surface area contributed by atoms with Gasteiger partial charge in [-0.25, -0.2) is 0 Å². The Morgan fingerprint density at radius 2 is 1.38 bits per heavy atom. The molecule has 7 heterocycles. The van der Waals surface area contributed by atoms with E-state index >= 15 is 0 Å². The van der Waals surface area contributed by atoms with Crippen LogP contribution in [0.1, 0.15) is 29.0 Å². The number of para-hydroxylation sites is 3. The predicted molar refractivity (Wildman–Crippen MR) is 192 cm³/mol. The number of furan rings is 1. The first kappa shape index (κ1) is 26.5. The molecule has 0 aliphatic carbocycles. The van der Waals surface area contributed by atoms with E-state index < -0.39 is 0 Å². The smallest absolute Gasteiger partial charge is 0.159 e. The number of likely N-dealkylation sites (N-methyl/N-ethyl adjacent to an activating group) is 1. The van der Waals surface area contributed by atoms with Gasteiger partial charge in [-0.1, -0.05) is 66.7 Å². The maximum Gasteiger partial charge on any atom is 0.159 e. The SMILES string of the molecule is CN1C=CN2c3c(ccc4c3oc3ccccc34)C/C(=C/C3N4C=CN3c3ccccc3C3c5ccccc5N5C=CN(CCC4)C35)C12. The lowest BCUT2D eigenvalue weighted by molar-refractivity contribution is 0.262. The van der Waals surface area contributed by atoms with Crippen LogP contribution >= 0.6 is 0 Å². The van der Waals surface area contributed by atoms with Crippen LogP contribution in [0.5, 0.6) is 0 Å². The molecule has 0 saturated heterocycles. The van der Waals surface area contributed by atoms with Gasteiger partial charge in [-0.15, -0.1) is 0 Å². The van der Waals surface area contributed by atoms with Crippen LogP contribution < -0.4 is 14.7 Å². The average molecular weight is 629 g/mol. The van der Waals surface area contributed by atoms with E-state index in [0.717, 1.165) is 37.1 Å². The molecule has 4 aromatic carbocycles. The number of fused-ring (bicyclic) bond motifs is 15. The van der Waals surface area contributed by atoms with Gasteiger partial charge in [0.05, 0.1) is 11.6 Å². The van der Waals surface area contributed by atoms with Crippen molar-refractivity contribution >= 4 is 39.0 Å². The molecule has 0 N–H and O–H groups in total. The molecule has 2 bridgehead atoms. The molecule has 11 rings (SSSR count). The highest BCUT2D eigenvalue weighted by Gasteiger charge is 2.46. The molecule has 5 aromatic rings. The molecule has 4 unspecified atom stereocenters. The summed E-state index contributed by atoms with van der Waals surface area (Å²) in [6.45, 7) is 2.00. The van der Waals surface area contributed by atoms with Crippen molar-refractivity contribution in [3.05, 3.63) is 150 Å². The molecule has 7 heteroatoms. The van der Waals surface area contributed by atoms with Crippen molar-refractivity contribution in [2.75, 3.05) is 34.8 Å². The molecule has 7 nitrogen and oxygen atoms in total. The summed E-state index contributed by atoms with van der Waals surface area (Å²) in [5.41, 5.74) is 11.2. The van der Waals surface area contributed by atoms with Crippen LogP contribution in [0.15, 0.2) is 138 Å². The summed E-state index contributed by atoms with van der Waals surface area (Å²) in [7, 11) is 2.20. The van der Waals surface area contributed by atoms with Crippen LogP contribution in [-0.4, -0.2) is 53.3 Å². The Labute approximate surface area is 280 Å². The van der Waals surface area contributed by atoms with E-state index in [9.17, 15) is 0 Å². The second-order valence-electron chi connectivity index (χ2n) is 13.9. The first-order valence-corrected chi connectivity index (χ1v) is 17.2. The topological polar surface area (TPSA) is 32.6 Å². The van der Waals surface area contributed by atoms with Crippen molar-refractivity contribution in [2.24, 2.45) is 0 Å². The Bertz CT molecular complexity index is 2260. The van der Waals surface area contributed by atoms with E-state index in [-0.39, 0.29) is 24.4 Å². The van der Waals surface area contributed by atoms with Crippen LogP contribution in [0.4, 0.5) is 17.1 Å². The van der Waals surface area contributed by atoms with Crippen LogP contribution in [0.2, 0.25) is 0 Å². The molecule has 1 aromatic heterocycles. The Hall–Kier alpha value is -5.56. The minimum atomic E-state index is 0.0738. The fourth-order valence-electron chi connectivity index (χ4n) is 9.33. The zero-order valence-corrected chi connectivity index (χ0v) is 26.9. The normalized spacial score (nSPS) is 25.6. The average Bonchev–Trinajstić information content (AvgIpc) is 3.93. The first-order valence-electron chi connectivity index (χ1n) is 17.2. The number of nitrogens with zero attached hydrogens (tertiary/aromatic N) is 6. The second-order valence-corrected chi connectivity index (χ2v) is 13.9. The van der Waals surface area contributed by atoms with Crippen molar-refractivity contribution in [1.82, 2.24) is 14.7 Å². The Kier molecular flexibility index (Phi) is 5.37. The minimum absolute atomic E-state index is 0.0738. The molecule has 0 amide bonds. The first-order chi connectivity index (χ1) is 23.7. The highest BCUT2D eigenvalue weighted by molar-refractivity contribution is 6.10. The third-order valence-corrected chi connectivity index (χ3v) is 11.4. The van der Waals surface area contributed by atoms with Crippen LogP contribution in [0.25, 0.3) is 21.9 Å². The van der Waals surface area contributed by atoms with Crippen LogP contribution in [-0.2, 0) is 6.42 Å². The molecule has 0 radical (unpaired) electrons. The standard InChI is InChI=1S/C41H36N6O/c1-42-19-22-47-38-27(15-16-30-29-9-4-7-14-35(29)48-39(30)38)25-28(40(42)47)26-36-43-17-8-18-44-21-24-46-34-13-6-3-11-32(34)37(41(44)46)31-10-2-5-12-33(31)45(36)23-20-43/h2-7,9-16,19-24,26,36-37,40-41H,8,17-18,25H2,1H3/b28-26-. The number of anilines is 3. The van der Waals surface area contributed by atoms with Gasteiger partial charge in [-0.2, -0.15) is 0 Å². The third-order valence-electron chi connectivity index (χ3n) is 11.4. The Morgan fingerprint density at radius 3 is 2.25 bits per heavy atom. The lowest BCUT2D eigenvalue weighted by atomic mass is 9.88. The Morgan fingerprint density at radius 1 is 0.667 bits per heavy atom. The number of hydrogen-bond acceptors (Lipinski definition) is 7. The summed E-state index contributed by atoms with van der Waals surface area (Å²) in [4.78, 5) is 14.9. The van der Waals surface area contributed by atoms with Gasteiger partial charge in [0.15, 0.2) is 5.58 Å². The van der Waals surface area contributed by atoms with Gasteiger partial charge >= 0.3 is 0 Å². The highest BCUT2D eigenvalue weighted by atomic mass is 16.3. The van der Waals surface area contributed by atoms with Crippen molar-refractivity contribution in [2.45, 2.75) is 37.3 Å². The predicted octanol–water partition coefficient (Wildman–Crippen LogP) is 7.71. The summed E-state index contributed by atoms with van der Waals surface area (Å²) in [6, 6.07) is 31.1. The highest BCUT2D eigenvalue weighted by Crippen LogP contribution is 2.51. The molecule has 48 heavy (non-hydrogen) atoms. The van der Waals surface area contributed by atoms with E-state index in [1.165, 1.54) is 50.1 Å². The van der Waals surface area contributed by atoms with Crippen molar-refractivity contribution in [3.8, 4) is 0 Å². The minimum Gasteiger partial charge on any atom is -0.454 e. The molecule has 0 fully saturated rings. The quantitative estimate of drug-likeness (QED) is 0.176. The zero-order valence-electron chi connectivity index (χ0n) is 26.9. The van der Waals surface area contributed by atoms with Crippen LogP contribution in [0, 0.1) is 0 Å². The lowest BCUT2D eigenvalue weighted by Crippen LogP contribution is -2.44. The molecular formula is C41H36N6O. The van der Waals surface area contributed by atoms with Gasteiger partial charge in [-0.05, 0) is 59.4 Å². The maximum atomic E-state index is 6.56. The van der Waals surface area contributed by atoms with E-state index in [2.05, 4.69) is 165 Å². The monoisotopic (exact) mass is 628 g/mol. The fraction of sp³-hybridized carbons (Fsp3) is 0.220. The fourth-order valence-corrected chi connectivity index (χ4v) is 9.33. The van der Waals surface area contributed by atoms with Gasteiger partial charge in [0, 0.05) is 79.5 Å². The van der Waals surface area contributed by atoms with Gasteiger partial charge in [0.2, 0.25) is 0 Å². The van der Waals surface area contributed by atoms with Gasteiger partial charge in [-0.3, -0.25) is 0 Å². The summed E-state index contributed by atoms with van der Waals surface area (Å²) in [6.07, 6.45) is 18.6. The van der Waals surface area contributed by atoms with E-state index in [0.29, 0.717) is 0 Å². The summed E-state index contributed by atoms with van der Waals surface area (Å²) in [5, 5.41) is 2.35. The molecule has 0 spiro atoms. The van der Waals surface area contributed by atoms with Gasteiger partial charge in [0.25, 0.3) is 0 Å². The summed E-state index contributed by atoms with van der Waals surface area (Å²) in [5.74, 6) is 0.245. The largest absolute Gasteiger partial charge is 0.454 e. The van der Waals surface area contributed by atoms with Crippen molar-refractivity contribution < 1.29 is 4.42 Å². The van der Waals surface area contributed by atoms with E-state index in [1.807, 2.05) is 0 Å². The molecule has 4 atom stereocenters. The van der Waals surface area contributed by atoms with E-state index in [4.69, 9.17) is 4.42 Å². The molecule has 6 aliphatic rings. The maximum absolute atomic E-state index is 6.56. The van der Waals surface area contributed by atoms with Crippen LogP contribution in [0.3, 0.4) is 0 Å². The summed E-state index contributed by atoms with van der Waals surface area (Å²) < 4.78 is 6.56. The summed E-state index contributed by atoms with van der Waals surface area (Å²) >= 11 is 0. The second kappa shape index (κ2) is 9.73. The lowest BCUT2D eigenvalue weighted by Gasteiger charge is -2.40. The Balaban J connectivity index is 1.05. The number of hydrogen-bond donors (Lipinski definition) is 0. The third kappa shape index (κ3) is 3.53. The molecular weight excluding hydrogens is 592 g/mol. The molecule has 6 aliphatic heterocycles. The van der Waals surface area contributed by atoms with Gasteiger partial charge in [0.1, 0.15) is 24.1 Å². The molecule has 0 saturated carbocycles. The van der Waals surface area contributed by atoms with E-state index in [1.54, 1.807) is 0 Å². The van der Waals surface area contributed by atoms with Crippen molar-refractivity contribution in [1.29, 1.82) is 0 Å². The number of benzene rings is 4. The molecule has 236 valence electrons. The van der Waals surface area contributed by atoms with Gasteiger partial charge < -0.3 is 33.8 Å². The van der Waals surface area contributed by atoms with Crippen molar-refractivity contribution in [3.63, 3.8) is 0 Å². The zero-order chi connectivity index (χ0) is 31.5.